The van der Waals surface area contributed by atoms with Gasteiger partial charge in [-0.1, -0.05) is 0 Å². The molecule has 0 atom stereocenters. The van der Waals surface area contributed by atoms with Gasteiger partial charge in [0.25, 0.3) is 5.69 Å². The molecule has 2 aromatic rings. The third kappa shape index (κ3) is 3.56. The first-order valence-electron chi connectivity index (χ1n) is 6.49. The van der Waals surface area contributed by atoms with E-state index in [-0.39, 0.29) is 16.9 Å². The van der Waals surface area contributed by atoms with E-state index in [0.717, 1.165) is 23.8 Å². The molecule has 0 spiro atoms. The molecule has 0 aliphatic carbocycles. The van der Waals surface area contributed by atoms with Crippen LogP contribution >= 0.6 is 0 Å². The van der Waals surface area contributed by atoms with Crippen molar-refractivity contribution < 1.29 is 9.31 Å². The van der Waals surface area contributed by atoms with Gasteiger partial charge in [0.1, 0.15) is 11.5 Å². The van der Waals surface area contributed by atoms with Crippen LogP contribution in [0.4, 0.5) is 15.8 Å². The molecule has 0 radical (unpaired) electrons. The molecule has 1 aromatic heterocycles. The number of rotatable bonds is 4. The number of nitrogens with zero attached hydrogens (tertiary/aromatic N) is 3. The Kier molecular flexibility index (Phi) is 3.93. The molecular weight excluding hydrogens is 275 g/mol. The summed E-state index contributed by atoms with van der Waals surface area (Å²) in [6.45, 7) is 6.40. The quantitative estimate of drug-likeness (QED) is 0.693. The van der Waals surface area contributed by atoms with Gasteiger partial charge in [-0.2, -0.15) is 5.10 Å². The summed E-state index contributed by atoms with van der Waals surface area (Å²) in [6, 6.07) is 3.34. The van der Waals surface area contributed by atoms with Gasteiger partial charge >= 0.3 is 0 Å². The van der Waals surface area contributed by atoms with Crippen molar-refractivity contribution in [2.45, 2.75) is 32.9 Å². The van der Waals surface area contributed by atoms with E-state index in [1.807, 2.05) is 31.6 Å². The Morgan fingerprint density at radius 3 is 2.71 bits per heavy atom. The van der Waals surface area contributed by atoms with Crippen molar-refractivity contribution in [3.8, 4) is 0 Å². The average molecular weight is 292 g/mol. The molecule has 7 heteroatoms. The van der Waals surface area contributed by atoms with Gasteiger partial charge in [0.2, 0.25) is 0 Å². The highest BCUT2D eigenvalue weighted by atomic mass is 19.1. The molecule has 0 aliphatic rings. The van der Waals surface area contributed by atoms with Gasteiger partial charge in [0.15, 0.2) is 0 Å². The van der Waals surface area contributed by atoms with Crippen LogP contribution in [0.5, 0.6) is 0 Å². The van der Waals surface area contributed by atoms with E-state index in [2.05, 4.69) is 10.4 Å². The molecule has 1 aromatic carbocycles. The Labute approximate surface area is 121 Å². The van der Waals surface area contributed by atoms with Crippen molar-refractivity contribution in [1.29, 1.82) is 0 Å². The number of hydrogen-bond donors (Lipinski definition) is 1. The second-order valence-electron chi connectivity index (χ2n) is 5.74. The first-order valence-corrected chi connectivity index (χ1v) is 6.49. The maximum absolute atomic E-state index is 13.2. The number of benzene rings is 1. The summed E-state index contributed by atoms with van der Waals surface area (Å²) < 4.78 is 15.0. The lowest BCUT2D eigenvalue weighted by Crippen LogP contribution is -2.21. The van der Waals surface area contributed by atoms with E-state index in [4.69, 9.17) is 0 Å². The van der Waals surface area contributed by atoms with Gasteiger partial charge in [0, 0.05) is 30.4 Å². The first-order chi connectivity index (χ1) is 9.77. The van der Waals surface area contributed by atoms with Crippen molar-refractivity contribution in [3.05, 3.63) is 52.1 Å². The maximum atomic E-state index is 13.2. The SMILES string of the molecule is CC(C)(C)n1cc(CNc2cc(F)ccc2[N+](=O)[O-])cn1. The van der Waals surface area contributed by atoms with Crippen LogP contribution in [0, 0.1) is 15.9 Å². The summed E-state index contributed by atoms with van der Waals surface area (Å²) in [5.74, 6) is -0.520. The van der Waals surface area contributed by atoms with E-state index in [1.54, 1.807) is 6.20 Å². The molecule has 21 heavy (non-hydrogen) atoms. The normalized spacial score (nSPS) is 11.4. The zero-order chi connectivity index (χ0) is 15.6. The zero-order valence-corrected chi connectivity index (χ0v) is 12.1. The molecular formula is C14H17FN4O2. The largest absolute Gasteiger partial charge is 0.375 e. The number of aromatic nitrogens is 2. The second kappa shape index (κ2) is 5.51. The fourth-order valence-corrected chi connectivity index (χ4v) is 1.82. The number of nitrogens with one attached hydrogen (secondary N) is 1. The summed E-state index contributed by atoms with van der Waals surface area (Å²) in [4.78, 5) is 10.4. The van der Waals surface area contributed by atoms with Crippen LogP contribution in [0.15, 0.2) is 30.6 Å². The van der Waals surface area contributed by atoms with Crippen molar-refractivity contribution in [3.63, 3.8) is 0 Å². The Morgan fingerprint density at radius 1 is 1.43 bits per heavy atom. The lowest BCUT2D eigenvalue weighted by molar-refractivity contribution is -0.384. The summed E-state index contributed by atoms with van der Waals surface area (Å²) in [6.07, 6.45) is 3.54. The predicted octanol–water partition coefficient (Wildman–Crippen LogP) is 3.30. The molecule has 0 saturated carbocycles. The van der Waals surface area contributed by atoms with Crippen LogP contribution < -0.4 is 5.32 Å². The summed E-state index contributed by atoms with van der Waals surface area (Å²) >= 11 is 0. The van der Waals surface area contributed by atoms with Crippen LogP contribution in [-0.4, -0.2) is 14.7 Å². The predicted molar refractivity (Wildman–Crippen MR) is 77.6 cm³/mol. The van der Waals surface area contributed by atoms with Crippen LogP contribution in [0.25, 0.3) is 0 Å². The van der Waals surface area contributed by atoms with Crippen LogP contribution in [0.2, 0.25) is 0 Å². The molecule has 1 N–H and O–H groups in total. The lowest BCUT2D eigenvalue weighted by atomic mass is 10.1. The first kappa shape index (κ1) is 15.0. The average Bonchev–Trinajstić information content (AvgIpc) is 2.84. The molecule has 112 valence electrons. The van der Waals surface area contributed by atoms with Gasteiger partial charge in [-0.15, -0.1) is 0 Å². The monoisotopic (exact) mass is 292 g/mol. The number of anilines is 1. The number of nitro groups is 1. The van der Waals surface area contributed by atoms with Gasteiger partial charge in [0.05, 0.1) is 16.7 Å². The zero-order valence-electron chi connectivity index (χ0n) is 12.1. The molecule has 0 amide bonds. The highest BCUT2D eigenvalue weighted by Crippen LogP contribution is 2.25. The van der Waals surface area contributed by atoms with Gasteiger partial charge < -0.3 is 5.32 Å². The van der Waals surface area contributed by atoms with Gasteiger partial charge in [-0.3, -0.25) is 14.8 Å². The minimum Gasteiger partial charge on any atom is -0.375 e. The Hall–Kier alpha value is -2.44. The molecule has 0 saturated heterocycles. The third-order valence-electron chi connectivity index (χ3n) is 2.96. The maximum Gasteiger partial charge on any atom is 0.292 e. The van der Waals surface area contributed by atoms with E-state index in [0.29, 0.717) is 6.54 Å². The molecule has 0 bridgehead atoms. The van der Waals surface area contributed by atoms with E-state index in [1.165, 1.54) is 0 Å². The topological polar surface area (TPSA) is 73.0 Å². The minimum atomic E-state index is -0.541. The van der Waals surface area contributed by atoms with E-state index >= 15 is 0 Å². The highest BCUT2D eigenvalue weighted by molar-refractivity contribution is 5.61. The van der Waals surface area contributed by atoms with Gasteiger partial charge in [-0.25, -0.2) is 4.39 Å². The molecule has 0 aliphatic heterocycles. The van der Waals surface area contributed by atoms with Gasteiger partial charge in [-0.05, 0) is 26.8 Å². The number of nitro benzene ring substituents is 1. The summed E-state index contributed by atoms with van der Waals surface area (Å²) in [7, 11) is 0. The van der Waals surface area contributed by atoms with Crippen LogP contribution in [0.1, 0.15) is 26.3 Å². The van der Waals surface area contributed by atoms with Crippen molar-refractivity contribution in [1.82, 2.24) is 9.78 Å². The fourth-order valence-electron chi connectivity index (χ4n) is 1.82. The molecule has 6 nitrogen and oxygen atoms in total. The number of halogens is 1. The minimum absolute atomic E-state index is 0.136. The molecule has 0 unspecified atom stereocenters. The lowest BCUT2D eigenvalue weighted by Gasteiger charge is -2.18. The summed E-state index contributed by atoms with van der Waals surface area (Å²) in [5, 5.41) is 18.0. The van der Waals surface area contributed by atoms with Crippen LogP contribution in [0.3, 0.4) is 0 Å². The summed E-state index contributed by atoms with van der Waals surface area (Å²) in [5.41, 5.74) is 0.731. The Bertz CT molecular complexity index is 661. The number of hydrogen-bond acceptors (Lipinski definition) is 4. The van der Waals surface area contributed by atoms with Crippen molar-refractivity contribution in [2.24, 2.45) is 0 Å². The molecule has 1 heterocycles. The Balaban J connectivity index is 2.15. The van der Waals surface area contributed by atoms with Crippen molar-refractivity contribution in [2.75, 3.05) is 5.32 Å². The van der Waals surface area contributed by atoms with Crippen molar-refractivity contribution >= 4 is 11.4 Å². The molecule has 0 fully saturated rings. The smallest absolute Gasteiger partial charge is 0.292 e. The highest BCUT2D eigenvalue weighted by Gasteiger charge is 2.16. The Morgan fingerprint density at radius 2 is 2.14 bits per heavy atom. The molecule has 2 rings (SSSR count). The fraction of sp³-hybridized carbons (Fsp3) is 0.357. The standard InChI is InChI=1S/C14H17FN4O2/c1-14(2,3)18-9-10(8-17-18)7-16-12-6-11(15)4-5-13(12)19(20)21/h4-6,8-9,16H,7H2,1-3H3. The second-order valence-corrected chi connectivity index (χ2v) is 5.74. The van der Waals surface area contributed by atoms with E-state index in [9.17, 15) is 14.5 Å². The van der Waals surface area contributed by atoms with Crippen LogP contribution in [-0.2, 0) is 12.1 Å². The van der Waals surface area contributed by atoms with E-state index < -0.39 is 10.7 Å². The third-order valence-corrected chi connectivity index (χ3v) is 2.96.